The van der Waals surface area contributed by atoms with Gasteiger partial charge in [0, 0.05) is 18.5 Å². The first-order valence-electron chi connectivity index (χ1n) is 6.00. The van der Waals surface area contributed by atoms with Crippen LogP contribution in [0.15, 0.2) is 23.1 Å². The number of alkyl halides is 1. The quantitative estimate of drug-likeness (QED) is 0.798. The van der Waals surface area contributed by atoms with E-state index in [4.69, 9.17) is 16.3 Å². The molecule has 1 aromatic carbocycles. The van der Waals surface area contributed by atoms with Gasteiger partial charge in [-0.05, 0) is 25.1 Å². The molecule has 0 N–H and O–H groups in total. The van der Waals surface area contributed by atoms with Crippen LogP contribution in [0.2, 0.25) is 0 Å². The molecule has 1 aliphatic heterocycles. The standard InChI is InChI=1S/C12H14ClF2NO3S/c1-8-7-19-9(5-13)6-16(8)20(17,18)10-2-3-11(14)12(15)4-10/h2-4,8-9H,5-7H2,1H3. The van der Waals surface area contributed by atoms with Gasteiger partial charge in [-0.1, -0.05) is 0 Å². The Kier molecular flexibility index (Phi) is 4.63. The third-order valence-electron chi connectivity index (χ3n) is 3.12. The molecule has 0 spiro atoms. The lowest BCUT2D eigenvalue weighted by atomic mass is 10.2. The number of halogens is 3. The second kappa shape index (κ2) is 5.93. The molecule has 0 amide bonds. The minimum atomic E-state index is -3.91. The lowest BCUT2D eigenvalue weighted by Crippen LogP contribution is -2.51. The van der Waals surface area contributed by atoms with Crippen LogP contribution in [-0.2, 0) is 14.8 Å². The van der Waals surface area contributed by atoms with Crippen LogP contribution >= 0.6 is 11.6 Å². The molecule has 0 bridgehead atoms. The summed E-state index contributed by atoms with van der Waals surface area (Å²) < 4.78 is 57.6. The van der Waals surface area contributed by atoms with Crippen LogP contribution in [0.3, 0.4) is 0 Å². The molecule has 1 heterocycles. The van der Waals surface area contributed by atoms with E-state index < -0.39 is 33.8 Å². The van der Waals surface area contributed by atoms with Gasteiger partial charge in [0.05, 0.1) is 17.6 Å². The Morgan fingerprint density at radius 3 is 2.70 bits per heavy atom. The van der Waals surface area contributed by atoms with Crippen molar-refractivity contribution < 1.29 is 21.9 Å². The Morgan fingerprint density at radius 1 is 1.40 bits per heavy atom. The van der Waals surface area contributed by atoms with E-state index in [1.54, 1.807) is 6.92 Å². The summed E-state index contributed by atoms with van der Waals surface area (Å²) in [6.45, 7) is 1.98. The highest BCUT2D eigenvalue weighted by atomic mass is 35.5. The zero-order chi connectivity index (χ0) is 14.9. The molecule has 8 heteroatoms. The maximum Gasteiger partial charge on any atom is 0.243 e. The van der Waals surface area contributed by atoms with Crippen molar-refractivity contribution in [2.75, 3.05) is 19.0 Å². The minimum Gasteiger partial charge on any atom is -0.374 e. The van der Waals surface area contributed by atoms with Gasteiger partial charge >= 0.3 is 0 Å². The Balaban J connectivity index is 2.35. The van der Waals surface area contributed by atoms with Crippen LogP contribution in [0, 0.1) is 11.6 Å². The molecule has 2 rings (SSSR count). The zero-order valence-corrected chi connectivity index (χ0v) is 12.3. The average molecular weight is 326 g/mol. The largest absolute Gasteiger partial charge is 0.374 e. The van der Waals surface area contributed by atoms with E-state index in [2.05, 4.69) is 0 Å². The van der Waals surface area contributed by atoms with Crippen molar-refractivity contribution in [3.63, 3.8) is 0 Å². The van der Waals surface area contributed by atoms with Gasteiger partial charge in [-0.25, -0.2) is 17.2 Å². The first kappa shape index (κ1) is 15.6. The summed E-state index contributed by atoms with van der Waals surface area (Å²) in [7, 11) is -3.91. The summed E-state index contributed by atoms with van der Waals surface area (Å²) in [6, 6.07) is 2.13. The number of rotatable bonds is 3. The van der Waals surface area contributed by atoms with E-state index in [-0.39, 0.29) is 23.9 Å². The van der Waals surface area contributed by atoms with Gasteiger partial charge in [0.25, 0.3) is 0 Å². The van der Waals surface area contributed by atoms with Crippen molar-refractivity contribution in [1.29, 1.82) is 0 Å². The van der Waals surface area contributed by atoms with E-state index in [1.807, 2.05) is 0 Å². The fraction of sp³-hybridized carbons (Fsp3) is 0.500. The summed E-state index contributed by atoms with van der Waals surface area (Å²) >= 11 is 5.68. The van der Waals surface area contributed by atoms with E-state index in [9.17, 15) is 17.2 Å². The van der Waals surface area contributed by atoms with Crippen LogP contribution in [-0.4, -0.2) is 43.9 Å². The van der Waals surface area contributed by atoms with Gasteiger partial charge in [-0.3, -0.25) is 0 Å². The first-order chi connectivity index (χ1) is 9.36. The van der Waals surface area contributed by atoms with E-state index in [1.165, 1.54) is 4.31 Å². The Bertz CT molecular complexity index is 596. The molecule has 1 saturated heterocycles. The molecule has 2 unspecified atom stereocenters. The third kappa shape index (κ3) is 2.95. The van der Waals surface area contributed by atoms with Crippen LogP contribution in [0.1, 0.15) is 6.92 Å². The van der Waals surface area contributed by atoms with E-state index in [0.29, 0.717) is 6.07 Å². The van der Waals surface area contributed by atoms with Crippen LogP contribution in [0.5, 0.6) is 0 Å². The minimum absolute atomic E-state index is 0.0893. The maximum absolute atomic E-state index is 13.2. The fourth-order valence-corrected chi connectivity index (χ4v) is 3.84. The van der Waals surface area contributed by atoms with Gasteiger partial charge in [0.2, 0.25) is 10.0 Å². The SMILES string of the molecule is CC1COC(CCl)CN1S(=O)(=O)c1ccc(F)c(F)c1. The average Bonchev–Trinajstić information content (AvgIpc) is 2.42. The predicted molar refractivity (Wildman–Crippen MR) is 70.2 cm³/mol. The highest BCUT2D eigenvalue weighted by Crippen LogP contribution is 2.24. The molecule has 112 valence electrons. The zero-order valence-electron chi connectivity index (χ0n) is 10.7. The molecule has 2 atom stereocenters. The number of sulfonamides is 1. The molecule has 1 aliphatic rings. The molecule has 20 heavy (non-hydrogen) atoms. The summed E-state index contributed by atoms with van der Waals surface area (Å²) in [5.74, 6) is -2.12. The van der Waals surface area contributed by atoms with Crippen molar-refractivity contribution >= 4 is 21.6 Å². The molecule has 1 aromatic rings. The summed E-state index contributed by atoms with van der Waals surface area (Å²) in [6.07, 6.45) is -0.409. The topological polar surface area (TPSA) is 46.6 Å². The van der Waals surface area contributed by atoms with Gasteiger partial charge in [0.1, 0.15) is 0 Å². The Hall–Kier alpha value is -0.760. The second-order valence-electron chi connectivity index (χ2n) is 4.61. The summed E-state index contributed by atoms with van der Waals surface area (Å²) in [5, 5.41) is 0. The lowest BCUT2D eigenvalue weighted by Gasteiger charge is -2.36. The number of ether oxygens (including phenoxy) is 1. The van der Waals surface area contributed by atoms with Crippen LogP contribution in [0.4, 0.5) is 8.78 Å². The number of nitrogens with zero attached hydrogens (tertiary/aromatic N) is 1. The molecule has 0 aromatic heterocycles. The van der Waals surface area contributed by atoms with Crippen molar-refractivity contribution in [1.82, 2.24) is 4.31 Å². The number of morpholine rings is 1. The molecule has 1 fully saturated rings. The highest BCUT2D eigenvalue weighted by molar-refractivity contribution is 7.89. The van der Waals surface area contributed by atoms with E-state index in [0.717, 1.165) is 12.1 Å². The molecule has 0 aliphatic carbocycles. The molecule has 0 saturated carbocycles. The number of hydrogen-bond acceptors (Lipinski definition) is 3. The van der Waals surface area contributed by atoms with Gasteiger partial charge in [-0.2, -0.15) is 4.31 Å². The molecular formula is C12H14ClF2NO3S. The predicted octanol–water partition coefficient (Wildman–Crippen LogP) is 1.98. The summed E-state index contributed by atoms with van der Waals surface area (Å²) in [4.78, 5) is -0.279. The second-order valence-corrected chi connectivity index (χ2v) is 6.81. The van der Waals surface area contributed by atoms with Crippen molar-refractivity contribution in [2.45, 2.75) is 24.0 Å². The van der Waals surface area contributed by atoms with Gasteiger partial charge < -0.3 is 4.74 Å². The maximum atomic E-state index is 13.2. The molecular weight excluding hydrogens is 312 g/mol. The highest BCUT2D eigenvalue weighted by Gasteiger charge is 2.35. The van der Waals surface area contributed by atoms with Gasteiger partial charge in [0.15, 0.2) is 11.6 Å². The van der Waals surface area contributed by atoms with Crippen LogP contribution in [0.25, 0.3) is 0 Å². The Labute approximate surface area is 121 Å². The first-order valence-corrected chi connectivity index (χ1v) is 7.98. The van der Waals surface area contributed by atoms with Crippen molar-refractivity contribution in [3.05, 3.63) is 29.8 Å². The number of hydrogen-bond donors (Lipinski definition) is 0. The smallest absolute Gasteiger partial charge is 0.243 e. The monoisotopic (exact) mass is 325 g/mol. The van der Waals surface area contributed by atoms with Crippen molar-refractivity contribution in [2.24, 2.45) is 0 Å². The normalized spacial score (nSPS) is 24.8. The van der Waals surface area contributed by atoms with E-state index >= 15 is 0 Å². The fourth-order valence-electron chi connectivity index (χ4n) is 1.99. The van der Waals surface area contributed by atoms with Gasteiger partial charge in [-0.15, -0.1) is 11.6 Å². The Morgan fingerprint density at radius 2 is 2.10 bits per heavy atom. The lowest BCUT2D eigenvalue weighted by molar-refractivity contribution is -0.0152. The summed E-state index contributed by atoms with van der Waals surface area (Å²) in [5.41, 5.74) is 0. The molecule has 4 nitrogen and oxygen atoms in total. The third-order valence-corrected chi connectivity index (χ3v) is 5.44. The van der Waals surface area contributed by atoms with Crippen molar-refractivity contribution in [3.8, 4) is 0 Å². The molecule has 0 radical (unpaired) electrons. The number of benzene rings is 1. The van der Waals surface area contributed by atoms with Crippen LogP contribution < -0.4 is 0 Å².